The lowest BCUT2D eigenvalue weighted by atomic mass is 10.3. The van der Waals surface area contributed by atoms with E-state index in [1.54, 1.807) is 12.5 Å². The summed E-state index contributed by atoms with van der Waals surface area (Å²) in [6.45, 7) is 2.09. The molecule has 0 fully saturated rings. The maximum absolute atomic E-state index is 5.29. The van der Waals surface area contributed by atoms with E-state index in [1.165, 1.54) is 6.33 Å². The van der Waals surface area contributed by atoms with Crippen molar-refractivity contribution in [1.82, 2.24) is 15.0 Å². The van der Waals surface area contributed by atoms with Gasteiger partial charge < -0.3 is 4.42 Å². The predicted molar refractivity (Wildman–Crippen MR) is 51.5 cm³/mol. The minimum Gasteiger partial charge on any atom is -0.448 e. The number of rotatable bonds is 3. The van der Waals surface area contributed by atoms with Gasteiger partial charge in [-0.05, 0) is 12.5 Å². The molecule has 2 rings (SSSR count). The molecule has 4 heteroatoms. The van der Waals surface area contributed by atoms with Crippen LogP contribution >= 0.6 is 0 Å². The van der Waals surface area contributed by atoms with Crippen LogP contribution in [-0.2, 0) is 6.42 Å². The SMILES string of the molecule is CCCc1nc(-c2ccncn2)co1. The van der Waals surface area contributed by atoms with Crippen LogP contribution in [0.4, 0.5) is 0 Å². The molecule has 14 heavy (non-hydrogen) atoms. The van der Waals surface area contributed by atoms with Crippen LogP contribution in [0.2, 0.25) is 0 Å². The third-order valence-corrected chi connectivity index (χ3v) is 1.86. The van der Waals surface area contributed by atoms with Crippen LogP contribution in [0.5, 0.6) is 0 Å². The number of aryl methyl sites for hydroxylation is 1. The van der Waals surface area contributed by atoms with E-state index in [0.29, 0.717) is 0 Å². The molecule has 2 aromatic heterocycles. The Hall–Kier alpha value is -1.71. The predicted octanol–water partition coefficient (Wildman–Crippen LogP) is 2.08. The standard InChI is InChI=1S/C10H11N3O/c1-2-3-10-13-9(6-14-10)8-4-5-11-7-12-8/h4-7H,2-3H2,1H3. The minimum absolute atomic E-state index is 0.765. The molecule has 0 radical (unpaired) electrons. The second-order valence-electron chi connectivity index (χ2n) is 2.97. The highest BCUT2D eigenvalue weighted by molar-refractivity contribution is 5.51. The Balaban J connectivity index is 2.25. The molecule has 72 valence electrons. The lowest BCUT2D eigenvalue weighted by Gasteiger charge is -1.90. The Bertz CT molecular complexity index is 397. The quantitative estimate of drug-likeness (QED) is 0.741. The van der Waals surface area contributed by atoms with Gasteiger partial charge in [0.05, 0.1) is 5.69 Å². The summed E-state index contributed by atoms with van der Waals surface area (Å²) in [5, 5.41) is 0. The third kappa shape index (κ3) is 1.79. The lowest BCUT2D eigenvalue weighted by molar-refractivity contribution is 0.491. The Kier molecular flexibility index (Phi) is 2.53. The van der Waals surface area contributed by atoms with E-state index in [0.717, 1.165) is 30.1 Å². The first-order valence-electron chi connectivity index (χ1n) is 4.61. The van der Waals surface area contributed by atoms with Gasteiger partial charge in [-0.2, -0.15) is 0 Å². The van der Waals surface area contributed by atoms with E-state index in [-0.39, 0.29) is 0 Å². The van der Waals surface area contributed by atoms with Gasteiger partial charge in [-0.3, -0.25) is 0 Å². The van der Waals surface area contributed by atoms with Crippen molar-refractivity contribution < 1.29 is 4.42 Å². The zero-order valence-electron chi connectivity index (χ0n) is 7.97. The number of aromatic nitrogens is 3. The monoisotopic (exact) mass is 189 g/mol. The molecule has 0 amide bonds. The van der Waals surface area contributed by atoms with Crippen LogP contribution < -0.4 is 0 Å². The summed E-state index contributed by atoms with van der Waals surface area (Å²) in [6, 6.07) is 1.81. The maximum Gasteiger partial charge on any atom is 0.194 e. The largest absolute Gasteiger partial charge is 0.448 e. The van der Waals surface area contributed by atoms with Gasteiger partial charge in [-0.25, -0.2) is 15.0 Å². The second kappa shape index (κ2) is 4.00. The molecule has 2 heterocycles. The molecule has 0 aliphatic heterocycles. The fourth-order valence-corrected chi connectivity index (χ4v) is 1.20. The Morgan fingerprint density at radius 2 is 2.29 bits per heavy atom. The van der Waals surface area contributed by atoms with Gasteiger partial charge >= 0.3 is 0 Å². The second-order valence-corrected chi connectivity index (χ2v) is 2.97. The zero-order valence-corrected chi connectivity index (χ0v) is 7.97. The number of hydrogen-bond acceptors (Lipinski definition) is 4. The van der Waals surface area contributed by atoms with Crippen molar-refractivity contribution in [2.24, 2.45) is 0 Å². The van der Waals surface area contributed by atoms with Crippen molar-refractivity contribution in [3.05, 3.63) is 30.7 Å². The van der Waals surface area contributed by atoms with E-state index in [9.17, 15) is 0 Å². The summed E-state index contributed by atoms with van der Waals surface area (Å²) in [7, 11) is 0. The number of oxazole rings is 1. The highest BCUT2D eigenvalue weighted by atomic mass is 16.3. The molecule has 0 saturated heterocycles. The van der Waals surface area contributed by atoms with Crippen LogP contribution in [0.3, 0.4) is 0 Å². The Morgan fingerprint density at radius 1 is 1.36 bits per heavy atom. The minimum atomic E-state index is 0.765. The Morgan fingerprint density at radius 3 is 3.00 bits per heavy atom. The average molecular weight is 189 g/mol. The molecule has 4 nitrogen and oxygen atoms in total. The topological polar surface area (TPSA) is 51.8 Å². The summed E-state index contributed by atoms with van der Waals surface area (Å²) in [4.78, 5) is 12.2. The first-order valence-corrected chi connectivity index (χ1v) is 4.61. The molecule has 0 spiro atoms. The van der Waals surface area contributed by atoms with Crippen LogP contribution in [0.15, 0.2) is 29.3 Å². The van der Waals surface area contributed by atoms with Crippen LogP contribution in [-0.4, -0.2) is 15.0 Å². The van der Waals surface area contributed by atoms with Crippen molar-refractivity contribution in [2.75, 3.05) is 0 Å². The van der Waals surface area contributed by atoms with Crippen molar-refractivity contribution >= 4 is 0 Å². The first kappa shape index (κ1) is 8.87. The molecule has 0 atom stereocenters. The van der Waals surface area contributed by atoms with E-state index in [1.807, 2.05) is 6.07 Å². The van der Waals surface area contributed by atoms with Crippen LogP contribution in [0.1, 0.15) is 19.2 Å². The summed E-state index contributed by atoms with van der Waals surface area (Å²) in [5.41, 5.74) is 1.57. The van der Waals surface area contributed by atoms with Crippen molar-refractivity contribution in [3.63, 3.8) is 0 Å². The molecular formula is C10H11N3O. The third-order valence-electron chi connectivity index (χ3n) is 1.86. The van der Waals surface area contributed by atoms with E-state index < -0.39 is 0 Å². The maximum atomic E-state index is 5.29. The summed E-state index contributed by atoms with van der Waals surface area (Å²) in [6.07, 6.45) is 6.72. The molecule has 0 bridgehead atoms. The molecule has 0 unspecified atom stereocenters. The average Bonchev–Trinajstić information content (AvgIpc) is 2.68. The van der Waals surface area contributed by atoms with Crippen molar-refractivity contribution in [3.8, 4) is 11.4 Å². The van der Waals surface area contributed by atoms with Gasteiger partial charge in [0.15, 0.2) is 5.89 Å². The number of hydrogen-bond donors (Lipinski definition) is 0. The van der Waals surface area contributed by atoms with Gasteiger partial charge in [-0.15, -0.1) is 0 Å². The molecule has 0 saturated carbocycles. The summed E-state index contributed by atoms with van der Waals surface area (Å²) in [5.74, 6) is 0.765. The van der Waals surface area contributed by atoms with E-state index >= 15 is 0 Å². The van der Waals surface area contributed by atoms with Gasteiger partial charge in [-0.1, -0.05) is 6.92 Å². The summed E-state index contributed by atoms with van der Waals surface area (Å²) < 4.78 is 5.29. The molecule has 0 N–H and O–H groups in total. The highest BCUT2D eigenvalue weighted by Gasteiger charge is 2.05. The van der Waals surface area contributed by atoms with Crippen molar-refractivity contribution in [2.45, 2.75) is 19.8 Å². The number of nitrogens with zero attached hydrogens (tertiary/aromatic N) is 3. The summed E-state index contributed by atoms with van der Waals surface area (Å²) >= 11 is 0. The van der Waals surface area contributed by atoms with Crippen LogP contribution in [0.25, 0.3) is 11.4 Å². The highest BCUT2D eigenvalue weighted by Crippen LogP contribution is 2.15. The smallest absolute Gasteiger partial charge is 0.194 e. The molecule has 0 aliphatic carbocycles. The van der Waals surface area contributed by atoms with Gasteiger partial charge in [0.2, 0.25) is 0 Å². The fourth-order valence-electron chi connectivity index (χ4n) is 1.20. The van der Waals surface area contributed by atoms with Gasteiger partial charge in [0.1, 0.15) is 18.3 Å². The fraction of sp³-hybridized carbons (Fsp3) is 0.300. The molecule has 0 aromatic carbocycles. The van der Waals surface area contributed by atoms with Gasteiger partial charge in [0, 0.05) is 12.6 Å². The zero-order chi connectivity index (χ0) is 9.80. The van der Waals surface area contributed by atoms with E-state index in [4.69, 9.17) is 4.42 Å². The normalized spacial score (nSPS) is 10.4. The van der Waals surface area contributed by atoms with E-state index in [2.05, 4.69) is 21.9 Å². The first-order chi connectivity index (χ1) is 6.90. The Labute approximate surface area is 82.0 Å². The van der Waals surface area contributed by atoms with Crippen LogP contribution in [0, 0.1) is 0 Å². The molecular weight excluding hydrogens is 178 g/mol. The molecule has 2 aromatic rings. The van der Waals surface area contributed by atoms with Crippen molar-refractivity contribution in [1.29, 1.82) is 0 Å². The lowest BCUT2D eigenvalue weighted by Crippen LogP contribution is -1.86. The molecule has 0 aliphatic rings. The van der Waals surface area contributed by atoms with Gasteiger partial charge in [0.25, 0.3) is 0 Å².